The third-order valence-corrected chi connectivity index (χ3v) is 5.54. The first kappa shape index (κ1) is 19.9. The summed E-state index contributed by atoms with van der Waals surface area (Å²) in [6, 6.07) is 27.5. The Labute approximate surface area is 184 Å². The minimum absolute atomic E-state index is 0.496. The van der Waals surface area contributed by atoms with E-state index in [4.69, 9.17) is 16.3 Å². The van der Waals surface area contributed by atoms with Crippen LogP contribution in [0, 0.1) is 11.3 Å². The van der Waals surface area contributed by atoms with Gasteiger partial charge in [0.1, 0.15) is 23.4 Å². The molecule has 0 saturated carbocycles. The first-order chi connectivity index (χ1) is 14.7. The first-order valence-electron chi connectivity index (χ1n) is 9.32. The van der Waals surface area contributed by atoms with Crippen molar-refractivity contribution in [1.82, 2.24) is 4.98 Å². The fraction of sp³-hybridized carbons (Fsp3) is 0.0400. The number of thiazole rings is 1. The van der Waals surface area contributed by atoms with Crippen molar-refractivity contribution in [2.45, 2.75) is 6.61 Å². The van der Waals surface area contributed by atoms with Crippen LogP contribution in [0.15, 0.2) is 84.2 Å². The molecule has 0 unspecified atom stereocenters. The molecule has 30 heavy (non-hydrogen) atoms. The predicted octanol–water partition coefficient (Wildman–Crippen LogP) is 7.11. The minimum Gasteiger partial charge on any atom is -0.489 e. The van der Waals surface area contributed by atoms with Gasteiger partial charge < -0.3 is 4.74 Å². The fourth-order valence-corrected chi connectivity index (χ4v) is 3.81. The van der Waals surface area contributed by atoms with Crippen LogP contribution in [0.2, 0.25) is 5.02 Å². The molecule has 0 aliphatic rings. The Bertz CT molecular complexity index is 1210. The van der Waals surface area contributed by atoms with Gasteiger partial charge in [-0.2, -0.15) is 5.26 Å². The quantitative estimate of drug-likeness (QED) is 0.307. The summed E-state index contributed by atoms with van der Waals surface area (Å²) in [5.41, 5.74) is 4.30. The zero-order valence-electron chi connectivity index (χ0n) is 16.0. The van der Waals surface area contributed by atoms with Crippen molar-refractivity contribution in [3.63, 3.8) is 0 Å². The number of nitriles is 1. The second-order valence-electron chi connectivity index (χ2n) is 6.56. The van der Waals surface area contributed by atoms with Gasteiger partial charge in [0, 0.05) is 16.0 Å². The first-order valence-corrected chi connectivity index (χ1v) is 10.6. The van der Waals surface area contributed by atoms with Crippen LogP contribution in [-0.2, 0) is 6.61 Å². The second kappa shape index (κ2) is 9.41. The number of ether oxygens (including phenoxy) is 1. The van der Waals surface area contributed by atoms with Crippen LogP contribution in [0.1, 0.15) is 16.1 Å². The molecule has 0 aliphatic carbocycles. The van der Waals surface area contributed by atoms with Gasteiger partial charge in [-0.15, -0.1) is 11.3 Å². The Morgan fingerprint density at radius 2 is 1.83 bits per heavy atom. The van der Waals surface area contributed by atoms with Gasteiger partial charge >= 0.3 is 0 Å². The molecule has 0 bridgehead atoms. The van der Waals surface area contributed by atoms with Crippen LogP contribution in [0.4, 0.5) is 0 Å². The van der Waals surface area contributed by atoms with Gasteiger partial charge in [-0.1, -0.05) is 66.2 Å². The smallest absolute Gasteiger partial charge is 0.134 e. The molecule has 0 aliphatic heterocycles. The van der Waals surface area contributed by atoms with Crippen LogP contribution >= 0.6 is 22.9 Å². The van der Waals surface area contributed by atoms with Crippen LogP contribution < -0.4 is 4.74 Å². The third-order valence-electron chi connectivity index (χ3n) is 4.41. The lowest BCUT2D eigenvalue weighted by Gasteiger charge is -2.07. The zero-order valence-corrected chi connectivity index (χ0v) is 17.5. The molecule has 5 heteroatoms. The highest BCUT2D eigenvalue weighted by Gasteiger charge is 2.09. The Hall–Kier alpha value is -3.39. The van der Waals surface area contributed by atoms with Crippen LogP contribution in [0.5, 0.6) is 5.75 Å². The van der Waals surface area contributed by atoms with Gasteiger partial charge in [-0.25, -0.2) is 4.98 Å². The van der Waals surface area contributed by atoms with E-state index in [9.17, 15) is 5.26 Å². The van der Waals surface area contributed by atoms with Crippen molar-refractivity contribution in [1.29, 1.82) is 5.26 Å². The molecule has 0 spiro atoms. The molecule has 0 amide bonds. The second-order valence-corrected chi connectivity index (χ2v) is 7.86. The maximum atomic E-state index is 9.68. The standard InChI is InChI=1S/C25H17ClN2OS/c26-22-11-9-20(10-12-22)24-17-30-25(28-24)21(15-27)13-19-7-4-8-23(14-19)29-16-18-5-2-1-3-6-18/h1-14,17H,16H2/b21-13-. The third kappa shape index (κ3) is 4.96. The Balaban J connectivity index is 1.53. The molecule has 0 N–H and O–H groups in total. The monoisotopic (exact) mass is 428 g/mol. The number of nitrogens with zero attached hydrogens (tertiary/aromatic N) is 2. The average Bonchev–Trinajstić information content (AvgIpc) is 3.28. The van der Waals surface area contributed by atoms with E-state index in [1.54, 1.807) is 0 Å². The summed E-state index contributed by atoms with van der Waals surface area (Å²) in [6.07, 6.45) is 1.83. The summed E-state index contributed by atoms with van der Waals surface area (Å²) in [5, 5.41) is 13.0. The summed E-state index contributed by atoms with van der Waals surface area (Å²) in [5.74, 6) is 0.755. The molecule has 4 aromatic rings. The van der Waals surface area contributed by atoms with Crippen LogP contribution in [0.3, 0.4) is 0 Å². The SMILES string of the molecule is N#C/C(=C/c1cccc(OCc2ccccc2)c1)c1nc(-c2ccc(Cl)cc2)cs1. The number of hydrogen-bond acceptors (Lipinski definition) is 4. The van der Waals surface area contributed by atoms with E-state index >= 15 is 0 Å². The summed E-state index contributed by atoms with van der Waals surface area (Å²) >= 11 is 7.40. The molecule has 0 fully saturated rings. The molecular weight excluding hydrogens is 412 g/mol. The summed E-state index contributed by atoms with van der Waals surface area (Å²) in [6.45, 7) is 0.496. The van der Waals surface area contributed by atoms with Crippen molar-refractivity contribution >= 4 is 34.6 Å². The van der Waals surface area contributed by atoms with E-state index in [-0.39, 0.29) is 0 Å². The lowest BCUT2D eigenvalue weighted by molar-refractivity contribution is 0.306. The molecule has 4 rings (SSSR count). The number of benzene rings is 3. The van der Waals surface area contributed by atoms with Crippen molar-refractivity contribution in [2.24, 2.45) is 0 Å². The average molecular weight is 429 g/mol. The highest BCUT2D eigenvalue weighted by Crippen LogP contribution is 2.28. The van der Waals surface area contributed by atoms with E-state index in [1.807, 2.05) is 90.3 Å². The molecule has 3 nitrogen and oxygen atoms in total. The molecule has 0 radical (unpaired) electrons. The summed E-state index contributed by atoms with van der Waals surface area (Å²) in [4.78, 5) is 4.63. The van der Waals surface area contributed by atoms with E-state index in [2.05, 4.69) is 11.1 Å². The van der Waals surface area contributed by atoms with Crippen molar-refractivity contribution in [2.75, 3.05) is 0 Å². The molecule has 3 aromatic carbocycles. The van der Waals surface area contributed by atoms with E-state index in [0.717, 1.165) is 28.1 Å². The molecular formula is C25H17ClN2OS. The Morgan fingerprint density at radius 1 is 1.03 bits per heavy atom. The maximum Gasteiger partial charge on any atom is 0.134 e. The highest BCUT2D eigenvalue weighted by molar-refractivity contribution is 7.11. The number of aromatic nitrogens is 1. The van der Waals surface area contributed by atoms with Gasteiger partial charge in [0.15, 0.2) is 0 Å². The minimum atomic E-state index is 0.496. The fourth-order valence-electron chi connectivity index (χ4n) is 2.89. The van der Waals surface area contributed by atoms with Gasteiger partial charge in [0.05, 0.1) is 11.3 Å². The van der Waals surface area contributed by atoms with Gasteiger partial charge in [0.25, 0.3) is 0 Å². The van der Waals surface area contributed by atoms with E-state index in [0.29, 0.717) is 22.2 Å². The largest absolute Gasteiger partial charge is 0.489 e. The Morgan fingerprint density at radius 3 is 2.60 bits per heavy atom. The molecule has 0 atom stereocenters. The number of rotatable bonds is 6. The molecule has 0 saturated heterocycles. The van der Waals surface area contributed by atoms with Crippen LogP contribution in [-0.4, -0.2) is 4.98 Å². The Kier molecular flexibility index (Phi) is 6.24. The topological polar surface area (TPSA) is 45.9 Å². The highest BCUT2D eigenvalue weighted by atomic mass is 35.5. The molecule has 1 aromatic heterocycles. The van der Waals surface area contributed by atoms with Crippen molar-refractivity contribution < 1.29 is 4.74 Å². The van der Waals surface area contributed by atoms with Gasteiger partial charge in [-0.3, -0.25) is 0 Å². The van der Waals surface area contributed by atoms with Crippen molar-refractivity contribution in [3.05, 3.63) is 105 Å². The lowest BCUT2D eigenvalue weighted by Crippen LogP contribution is -1.95. The number of allylic oxidation sites excluding steroid dienone is 1. The van der Waals surface area contributed by atoms with E-state index < -0.39 is 0 Å². The van der Waals surface area contributed by atoms with Gasteiger partial charge in [-0.05, 0) is 41.5 Å². The zero-order chi connectivity index (χ0) is 20.8. The van der Waals surface area contributed by atoms with Crippen molar-refractivity contribution in [3.8, 4) is 23.1 Å². The predicted molar refractivity (Wildman–Crippen MR) is 123 cm³/mol. The molecule has 146 valence electrons. The summed E-state index contributed by atoms with van der Waals surface area (Å²) in [7, 11) is 0. The van der Waals surface area contributed by atoms with E-state index in [1.165, 1.54) is 11.3 Å². The lowest BCUT2D eigenvalue weighted by atomic mass is 10.1. The normalized spacial score (nSPS) is 11.1. The van der Waals surface area contributed by atoms with Gasteiger partial charge in [0.2, 0.25) is 0 Å². The number of hydrogen-bond donors (Lipinski definition) is 0. The number of halogens is 1. The van der Waals surface area contributed by atoms with Crippen LogP contribution in [0.25, 0.3) is 22.9 Å². The summed E-state index contributed by atoms with van der Waals surface area (Å²) < 4.78 is 5.89. The maximum absolute atomic E-state index is 9.68. The molecule has 1 heterocycles.